The molecule has 3 heterocycles. The molecule has 9 heteroatoms. The van der Waals surface area contributed by atoms with E-state index in [1.54, 1.807) is 6.92 Å². The lowest BCUT2D eigenvalue weighted by atomic mass is 10.1. The number of hydrogen-bond acceptors (Lipinski definition) is 7. The van der Waals surface area contributed by atoms with Crippen LogP contribution in [0.5, 0.6) is 0 Å². The summed E-state index contributed by atoms with van der Waals surface area (Å²) in [6.07, 6.45) is 0.231. The van der Waals surface area contributed by atoms with Crippen LogP contribution in [0.25, 0.3) is 11.4 Å². The summed E-state index contributed by atoms with van der Waals surface area (Å²) in [7, 11) is 0. The van der Waals surface area contributed by atoms with E-state index >= 15 is 4.39 Å². The number of aryl methyl sites for hydroxylation is 1. The maximum absolute atomic E-state index is 15.2. The summed E-state index contributed by atoms with van der Waals surface area (Å²) >= 11 is 0. The quantitative estimate of drug-likeness (QED) is 0.717. The van der Waals surface area contributed by atoms with E-state index in [1.165, 1.54) is 24.3 Å². The van der Waals surface area contributed by atoms with E-state index in [4.69, 9.17) is 9.05 Å². The topological polar surface area (TPSA) is 81.1 Å². The van der Waals surface area contributed by atoms with Gasteiger partial charge in [-0.1, -0.05) is 10.3 Å². The lowest BCUT2D eigenvalue weighted by Crippen LogP contribution is -2.27. The molecule has 0 bridgehead atoms. The van der Waals surface area contributed by atoms with Gasteiger partial charge in [0.2, 0.25) is 17.4 Å². The molecule has 1 aromatic carbocycles. The van der Waals surface area contributed by atoms with Crippen molar-refractivity contribution in [2.75, 3.05) is 13.1 Å². The Morgan fingerprint density at radius 1 is 1.16 bits per heavy atom. The van der Waals surface area contributed by atoms with Crippen molar-refractivity contribution >= 4 is 0 Å². The van der Waals surface area contributed by atoms with Gasteiger partial charge in [-0.05, 0) is 24.3 Å². The van der Waals surface area contributed by atoms with Gasteiger partial charge >= 0.3 is 0 Å². The third kappa shape index (κ3) is 3.14. The van der Waals surface area contributed by atoms with Crippen LogP contribution in [0, 0.1) is 12.7 Å². The van der Waals surface area contributed by atoms with Crippen LogP contribution in [-0.4, -0.2) is 38.3 Å². The number of aromatic nitrogens is 4. The molecule has 0 aliphatic carbocycles. The van der Waals surface area contributed by atoms with Gasteiger partial charge < -0.3 is 9.05 Å². The predicted molar refractivity (Wildman–Crippen MR) is 81.4 cm³/mol. The average Bonchev–Trinajstić information content (AvgIpc) is 3.30. The fourth-order valence-electron chi connectivity index (χ4n) is 2.88. The van der Waals surface area contributed by atoms with E-state index in [-0.39, 0.29) is 30.5 Å². The molecular formula is C16H15F2N5O2. The minimum absolute atomic E-state index is 0.0707. The van der Waals surface area contributed by atoms with Crippen molar-refractivity contribution < 1.29 is 17.8 Å². The summed E-state index contributed by atoms with van der Waals surface area (Å²) in [5.74, 6) is 0.788. The highest BCUT2D eigenvalue weighted by Crippen LogP contribution is 2.36. The first-order valence-corrected chi connectivity index (χ1v) is 7.82. The number of nitrogens with zero attached hydrogens (tertiary/aromatic N) is 5. The van der Waals surface area contributed by atoms with Crippen molar-refractivity contribution in [2.24, 2.45) is 0 Å². The molecule has 1 saturated heterocycles. The molecule has 4 rings (SSSR count). The zero-order valence-corrected chi connectivity index (χ0v) is 13.4. The number of likely N-dealkylation sites (tertiary alicyclic amines) is 1. The van der Waals surface area contributed by atoms with E-state index < -0.39 is 5.67 Å². The highest BCUT2D eigenvalue weighted by molar-refractivity contribution is 5.53. The minimum Gasteiger partial charge on any atom is -0.340 e. The molecule has 2 aromatic heterocycles. The first kappa shape index (κ1) is 15.8. The zero-order valence-electron chi connectivity index (χ0n) is 13.4. The fourth-order valence-corrected chi connectivity index (χ4v) is 2.88. The fraction of sp³-hybridized carbons (Fsp3) is 0.375. The van der Waals surface area contributed by atoms with E-state index in [9.17, 15) is 4.39 Å². The molecule has 0 saturated carbocycles. The number of rotatable bonds is 4. The van der Waals surface area contributed by atoms with Crippen molar-refractivity contribution in [3.8, 4) is 11.4 Å². The lowest BCUT2D eigenvalue weighted by molar-refractivity contribution is 0.114. The number of alkyl halides is 1. The van der Waals surface area contributed by atoms with Crippen LogP contribution in [0.2, 0.25) is 0 Å². The van der Waals surface area contributed by atoms with E-state index in [1.807, 2.05) is 4.90 Å². The third-order valence-electron chi connectivity index (χ3n) is 4.14. The maximum atomic E-state index is 15.2. The summed E-state index contributed by atoms with van der Waals surface area (Å²) in [5, 5.41) is 7.63. The van der Waals surface area contributed by atoms with Crippen molar-refractivity contribution in [1.29, 1.82) is 0 Å². The molecule has 0 radical (unpaired) electrons. The summed E-state index contributed by atoms with van der Waals surface area (Å²) < 4.78 is 38.3. The van der Waals surface area contributed by atoms with E-state index in [0.717, 1.165) is 0 Å². The molecule has 1 aliphatic rings. The first-order valence-electron chi connectivity index (χ1n) is 7.82. The van der Waals surface area contributed by atoms with Gasteiger partial charge in [0, 0.05) is 32.0 Å². The standard InChI is InChI=1S/C16H15F2N5O2/c1-10-19-13(21-24-10)8-23-7-6-16(18,9-23)15-20-14(22-25-15)11-2-4-12(17)5-3-11/h2-5H,6-9H2,1H3. The molecule has 130 valence electrons. The van der Waals surface area contributed by atoms with Gasteiger partial charge in [-0.3, -0.25) is 4.90 Å². The Labute approximate surface area is 141 Å². The van der Waals surface area contributed by atoms with Crippen LogP contribution in [-0.2, 0) is 12.2 Å². The Morgan fingerprint density at radius 2 is 1.96 bits per heavy atom. The molecule has 3 aromatic rings. The maximum Gasteiger partial charge on any atom is 0.266 e. The second kappa shape index (κ2) is 5.99. The Hall–Kier alpha value is -2.68. The van der Waals surface area contributed by atoms with Gasteiger partial charge in [-0.15, -0.1) is 0 Å². The molecule has 25 heavy (non-hydrogen) atoms. The molecule has 0 spiro atoms. The van der Waals surface area contributed by atoms with Crippen LogP contribution >= 0.6 is 0 Å². The molecule has 1 aliphatic heterocycles. The number of benzene rings is 1. The largest absolute Gasteiger partial charge is 0.340 e. The SMILES string of the molecule is Cc1nc(CN2CCC(F)(c3nc(-c4ccc(F)cc4)no3)C2)no1. The van der Waals surface area contributed by atoms with E-state index in [0.29, 0.717) is 30.4 Å². The highest BCUT2D eigenvalue weighted by Gasteiger charge is 2.45. The normalized spacial score (nSPS) is 21.1. The van der Waals surface area contributed by atoms with E-state index in [2.05, 4.69) is 20.3 Å². The average molecular weight is 347 g/mol. The second-order valence-electron chi connectivity index (χ2n) is 6.09. The first-order chi connectivity index (χ1) is 12.0. The Balaban J connectivity index is 1.49. The summed E-state index contributed by atoms with van der Waals surface area (Å²) in [6.45, 7) is 2.71. The number of halogens is 2. The molecule has 0 amide bonds. The van der Waals surface area contributed by atoms with Gasteiger partial charge in [0.25, 0.3) is 5.89 Å². The van der Waals surface area contributed by atoms with Crippen molar-refractivity contribution in [3.05, 3.63) is 47.7 Å². The third-order valence-corrected chi connectivity index (χ3v) is 4.14. The predicted octanol–water partition coefficient (Wildman–Crippen LogP) is 2.64. The Bertz CT molecular complexity index is 879. The summed E-state index contributed by atoms with van der Waals surface area (Å²) in [4.78, 5) is 10.1. The van der Waals surface area contributed by atoms with Gasteiger partial charge in [0.1, 0.15) is 5.82 Å². The molecule has 7 nitrogen and oxygen atoms in total. The monoisotopic (exact) mass is 347 g/mol. The van der Waals surface area contributed by atoms with Gasteiger partial charge in [0.05, 0.1) is 6.54 Å². The Morgan fingerprint density at radius 3 is 2.68 bits per heavy atom. The van der Waals surface area contributed by atoms with Gasteiger partial charge in [0.15, 0.2) is 5.82 Å². The van der Waals surface area contributed by atoms with Crippen LogP contribution < -0.4 is 0 Å². The molecule has 0 N–H and O–H groups in total. The summed E-state index contributed by atoms with van der Waals surface area (Å²) in [5.41, 5.74) is -1.17. The van der Waals surface area contributed by atoms with Crippen molar-refractivity contribution in [3.63, 3.8) is 0 Å². The van der Waals surface area contributed by atoms with Gasteiger partial charge in [-0.2, -0.15) is 9.97 Å². The minimum atomic E-state index is -1.73. The van der Waals surface area contributed by atoms with Crippen LogP contribution in [0.3, 0.4) is 0 Å². The van der Waals surface area contributed by atoms with Crippen molar-refractivity contribution in [2.45, 2.75) is 25.6 Å². The van der Waals surface area contributed by atoms with Crippen LogP contribution in [0.1, 0.15) is 24.0 Å². The lowest BCUT2D eigenvalue weighted by Gasteiger charge is -2.15. The van der Waals surface area contributed by atoms with Gasteiger partial charge in [-0.25, -0.2) is 8.78 Å². The molecule has 1 unspecified atom stereocenters. The molecular weight excluding hydrogens is 332 g/mol. The zero-order chi connectivity index (χ0) is 17.4. The molecule has 1 fully saturated rings. The molecule has 1 atom stereocenters. The van der Waals surface area contributed by atoms with Crippen LogP contribution in [0.15, 0.2) is 33.3 Å². The smallest absolute Gasteiger partial charge is 0.266 e. The number of hydrogen-bond donors (Lipinski definition) is 0. The Kier molecular flexibility index (Phi) is 3.79. The second-order valence-corrected chi connectivity index (χ2v) is 6.09. The highest BCUT2D eigenvalue weighted by atomic mass is 19.1. The van der Waals surface area contributed by atoms with Crippen molar-refractivity contribution in [1.82, 2.24) is 25.2 Å². The van der Waals surface area contributed by atoms with Crippen LogP contribution in [0.4, 0.5) is 8.78 Å². The summed E-state index contributed by atoms with van der Waals surface area (Å²) in [6, 6.07) is 5.63.